The Kier molecular flexibility index (Phi) is 5.71. The Morgan fingerprint density at radius 1 is 1.30 bits per heavy atom. The summed E-state index contributed by atoms with van der Waals surface area (Å²) in [6, 6.07) is 8.06. The van der Waals surface area contributed by atoms with E-state index >= 15 is 0 Å². The van der Waals surface area contributed by atoms with Crippen molar-refractivity contribution in [1.82, 2.24) is 9.62 Å². The number of carbonyl (C=O) groups excluding carboxylic acids is 1. The van der Waals surface area contributed by atoms with Crippen molar-refractivity contribution in [3.05, 3.63) is 35.9 Å². The number of nitrogens with zero attached hydrogens (tertiary/aromatic N) is 1. The summed E-state index contributed by atoms with van der Waals surface area (Å²) in [6.07, 6.45) is 1.88. The SMILES string of the molecule is CC[C@@H](C)NC(=O)[C@@H](c1ccccc1)N(C)S(C)(=O)=O. The van der Waals surface area contributed by atoms with Gasteiger partial charge in [0.05, 0.1) is 6.26 Å². The van der Waals surface area contributed by atoms with Gasteiger partial charge in [-0.1, -0.05) is 37.3 Å². The Morgan fingerprint density at radius 2 is 1.85 bits per heavy atom. The molecular weight excluding hydrogens is 276 g/mol. The third kappa shape index (κ3) is 4.31. The molecule has 0 aromatic heterocycles. The highest BCUT2D eigenvalue weighted by molar-refractivity contribution is 7.88. The maximum absolute atomic E-state index is 12.4. The normalized spacial score (nSPS) is 14.8. The first-order valence-electron chi connectivity index (χ1n) is 6.55. The highest BCUT2D eigenvalue weighted by atomic mass is 32.2. The van der Waals surface area contributed by atoms with Gasteiger partial charge in [-0.05, 0) is 18.9 Å². The molecule has 0 spiro atoms. The second kappa shape index (κ2) is 6.85. The lowest BCUT2D eigenvalue weighted by Crippen LogP contribution is -2.43. The summed E-state index contributed by atoms with van der Waals surface area (Å²) >= 11 is 0. The van der Waals surface area contributed by atoms with Crippen molar-refractivity contribution < 1.29 is 13.2 Å². The second-order valence-electron chi connectivity index (χ2n) is 4.91. The molecule has 1 rings (SSSR count). The molecule has 0 heterocycles. The summed E-state index contributed by atoms with van der Waals surface area (Å²) in [6.45, 7) is 3.85. The zero-order valence-electron chi connectivity index (χ0n) is 12.3. The van der Waals surface area contributed by atoms with Gasteiger partial charge >= 0.3 is 0 Å². The first-order chi connectivity index (χ1) is 9.27. The van der Waals surface area contributed by atoms with Crippen molar-refractivity contribution in [2.45, 2.75) is 32.4 Å². The number of nitrogens with one attached hydrogen (secondary N) is 1. The summed E-state index contributed by atoms with van der Waals surface area (Å²) in [4.78, 5) is 12.4. The largest absolute Gasteiger partial charge is 0.352 e. The molecule has 5 nitrogen and oxygen atoms in total. The van der Waals surface area contributed by atoms with Gasteiger partial charge in [-0.25, -0.2) is 8.42 Å². The summed E-state index contributed by atoms with van der Waals surface area (Å²) < 4.78 is 24.6. The molecule has 1 aromatic rings. The molecule has 0 saturated carbocycles. The summed E-state index contributed by atoms with van der Waals surface area (Å²) in [7, 11) is -2.05. The van der Waals surface area contributed by atoms with Crippen LogP contribution in [0.4, 0.5) is 0 Å². The molecule has 0 fully saturated rings. The average Bonchev–Trinajstić information content (AvgIpc) is 2.38. The molecule has 0 unspecified atom stereocenters. The van der Waals surface area contributed by atoms with Crippen LogP contribution < -0.4 is 5.32 Å². The predicted octanol–water partition coefficient (Wildman–Crippen LogP) is 1.53. The van der Waals surface area contributed by atoms with Gasteiger partial charge < -0.3 is 5.32 Å². The fourth-order valence-electron chi connectivity index (χ4n) is 1.78. The number of amides is 1. The van der Waals surface area contributed by atoms with Crippen LogP contribution in [0.3, 0.4) is 0 Å². The van der Waals surface area contributed by atoms with E-state index in [1.54, 1.807) is 24.3 Å². The molecule has 1 N–H and O–H groups in total. The summed E-state index contributed by atoms with van der Waals surface area (Å²) in [5.74, 6) is -0.307. The third-order valence-electron chi connectivity index (χ3n) is 3.25. The van der Waals surface area contributed by atoms with Crippen molar-refractivity contribution >= 4 is 15.9 Å². The summed E-state index contributed by atoms with van der Waals surface area (Å²) in [5, 5.41) is 2.84. The van der Waals surface area contributed by atoms with E-state index in [1.165, 1.54) is 7.05 Å². The number of carbonyl (C=O) groups is 1. The van der Waals surface area contributed by atoms with Gasteiger partial charge in [0.15, 0.2) is 0 Å². The fourth-order valence-corrected chi connectivity index (χ4v) is 2.38. The molecule has 0 bridgehead atoms. The van der Waals surface area contributed by atoms with Crippen LogP contribution in [0.25, 0.3) is 0 Å². The molecule has 0 aliphatic heterocycles. The highest BCUT2D eigenvalue weighted by Crippen LogP contribution is 2.22. The number of benzene rings is 1. The van der Waals surface area contributed by atoms with E-state index in [4.69, 9.17) is 0 Å². The van der Waals surface area contributed by atoms with Gasteiger partial charge in [-0.3, -0.25) is 4.79 Å². The fraction of sp³-hybridized carbons (Fsp3) is 0.500. The van der Waals surface area contributed by atoms with Crippen LogP contribution >= 0.6 is 0 Å². The Labute approximate surface area is 121 Å². The van der Waals surface area contributed by atoms with Crippen molar-refractivity contribution in [2.24, 2.45) is 0 Å². The van der Waals surface area contributed by atoms with Crippen molar-refractivity contribution in [1.29, 1.82) is 0 Å². The maximum atomic E-state index is 12.4. The van der Waals surface area contributed by atoms with Gasteiger partial charge in [0.2, 0.25) is 15.9 Å². The topological polar surface area (TPSA) is 66.5 Å². The van der Waals surface area contributed by atoms with Crippen LogP contribution in [-0.4, -0.2) is 38.0 Å². The van der Waals surface area contributed by atoms with E-state index in [0.717, 1.165) is 17.0 Å². The Balaban J connectivity index is 3.12. The van der Waals surface area contributed by atoms with E-state index in [1.807, 2.05) is 19.9 Å². The van der Waals surface area contributed by atoms with Crippen LogP contribution in [0, 0.1) is 0 Å². The van der Waals surface area contributed by atoms with Crippen molar-refractivity contribution in [2.75, 3.05) is 13.3 Å². The minimum atomic E-state index is -3.47. The Morgan fingerprint density at radius 3 is 2.30 bits per heavy atom. The quantitative estimate of drug-likeness (QED) is 0.866. The molecule has 0 radical (unpaired) electrons. The molecule has 1 amide bonds. The molecule has 0 saturated heterocycles. The maximum Gasteiger partial charge on any atom is 0.243 e. The number of sulfonamides is 1. The predicted molar refractivity (Wildman–Crippen MR) is 79.7 cm³/mol. The van der Waals surface area contributed by atoms with Crippen LogP contribution in [0.2, 0.25) is 0 Å². The van der Waals surface area contributed by atoms with Gasteiger partial charge in [0.1, 0.15) is 6.04 Å². The lowest BCUT2D eigenvalue weighted by Gasteiger charge is -2.27. The van der Waals surface area contributed by atoms with Gasteiger partial charge in [-0.15, -0.1) is 0 Å². The zero-order valence-corrected chi connectivity index (χ0v) is 13.1. The lowest BCUT2D eigenvalue weighted by atomic mass is 10.1. The molecule has 112 valence electrons. The van der Waals surface area contributed by atoms with Crippen LogP contribution in [0.15, 0.2) is 30.3 Å². The van der Waals surface area contributed by atoms with Crippen molar-refractivity contribution in [3.8, 4) is 0 Å². The second-order valence-corrected chi connectivity index (χ2v) is 6.95. The monoisotopic (exact) mass is 298 g/mol. The smallest absolute Gasteiger partial charge is 0.243 e. The Hall–Kier alpha value is -1.40. The van der Waals surface area contributed by atoms with E-state index in [9.17, 15) is 13.2 Å². The standard InChI is InChI=1S/C14H22N2O3S/c1-5-11(2)15-14(17)13(16(3)20(4,18)19)12-9-7-6-8-10-12/h6-11,13H,5H2,1-4H3,(H,15,17)/t11-,13-/m1/s1. The minimum absolute atomic E-state index is 0.00155. The van der Waals surface area contributed by atoms with Crippen LogP contribution in [0.5, 0.6) is 0 Å². The minimum Gasteiger partial charge on any atom is -0.352 e. The number of rotatable bonds is 6. The van der Waals surface area contributed by atoms with Crippen molar-refractivity contribution in [3.63, 3.8) is 0 Å². The summed E-state index contributed by atoms with van der Waals surface area (Å²) in [5.41, 5.74) is 0.654. The van der Waals surface area contributed by atoms with Gasteiger partial charge in [0.25, 0.3) is 0 Å². The first-order valence-corrected chi connectivity index (χ1v) is 8.40. The number of hydrogen-bond donors (Lipinski definition) is 1. The average molecular weight is 298 g/mol. The van der Waals surface area contributed by atoms with E-state index < -0.39 is 16.1 Å². The highest BCUT2D eigenvalue weighted by Gasteiger charge is 2.30. The van der Waals surface area contributed by atoms with E-state index in [0.29, 0.717) is 5.56 Å². The molecule has 0 aliphatic carbocycles. The van der Waals surface area contributed by atoms with Crippen LogP contribution in [-0.2, 0) is 14.8 Å². The van der Waals surface area contributed by atoms with E-state index in [2.05, 4.69) is 5.32 Å². The molecule has 6 heteroatoms. The molecule has 2 atom stereocenters. The van der Waals surface area contributed by atoms with Crippen LogP contribution in [0.1, 0.15) is 31.9 Å². The number of hydrogen-bond acceptors (Lipinski definition) is 3. The van der Waals surface area contributed by atoms with E-state index in [-0.39, 0.29) is 11.9 Å². The molecular formula is C14H22N2O3S. The zero-order chi connectivity index (χ0) is 15.3. The Bertz CT molecular complexity index is 543. The molecule has 1 aromatic carbocycles. The molecule has 20 heavy (non-hydrogen) atoms. The first kappa shape index (κ1) is 16.7. The van der Waals surface area contributed by atoms with Gasteiger partial charge in [-0.2, -0.15) is 4.31 Å². The van der Waals surface area contributed by atoms with Gasteiger partial charge in [0, 0.05) is 13.1 Å². The number of likely N-dealkylation sites (N-methyl/N-ethyl adjacent to an activating group) is 1. The molecule has 0 aliphatic rings. The lowest BCUT2D eigenvalue weighted by molar-refractivity contribution is -0.125. The third-order valence-corrected chi connectivity index (χ3v) is 4.51.